The van der Waals surface area contributed by atoms with E-state index in [2.05, 4.69) is 0 Å². The van der Waals surface area contributed by atoms with Crippen molar-refractivity contribution in [3.8, 4) is 0 Å². The number of hydrogen-bond donors (Lipinski definition) is 2. The number of quaternary nitrogens is 2. The zero-order valence-electron chi connectivity index (χ0n) is 7.80. The largest absolute Gasteiger partial charge is 0.634 e. The zero-order chi connectivity index (χ0) is 9.14. The molecule has 72 valence electrons. The van der Waals surface area contributed by atoms with Gasteiger partial charge in [0.15, 0.2) is 0 Å². The Balaban J connectivity index is 2.54. The predicted molar refractivity (Wildman–Crippen MR) is 46.6 cm³/mol. The van der Waals surface area contributed by atoms with E-state index in [0.717, 1.165) is 25.7 Å². The van der Waals surface area contributed by atoms with Gasteiger partial charge in [-0.1, -0.05) is 0 Å². The molecule has 0 aromatic heterocycles. The van der Waals surface area contributed by atoms with Gasteiger partial charge >= 0.3 is 0 Å². The summed E-state index contributed by atoms with van der Waals surface area (Å²) in [7, 11) is 3.21. The molecule has 0 aromatic carbocycles. The molecule has 0 amide bonds. The third-order valence-electron chi connectivity index (χ3n) is 2.81. The fraction of sp³-hybridized carbons (Fsp3) is 1.00. The Morgan fingerprint density at radius 3 is 1.50 bits per heavy atom. The van der Waals surface area contributed by atoms with E-state index in [1.807, 2.05) is 0 Å². The predicted octanol–water partition coefficient (Wildman–Crippen LogP) is -1.68. The zero-order valence-corrected chi connectivity index (χ0v) is 7.80. The maximum Gasteiger partial charge on any atom is 0.140 e. The first-order chi connectivity index (χ1) is 5.63. The Morgan fingerprint density at radius 2 is 1.25 bits per heavy atom. The van der Waals surface area contributed by atoms with Crippen LogP contribution in [0.15, 0.2) is 0 Å². The van der Waals surface area contributed by atoms with Gasteiger partial charge in [-0.3, -0.25) is 0 Å². The van der Waals surface area contributed by atoms with Gasteiger partial charge in [-0.2, -0.15) is 0 Å². The summed E-state index contributed by atoms with van der Waals surface area (Å²) in [4.78, 5) is 0. The number of rotatable bonds is 2. The summed E-state index contributed by atoms with van der Waals surface area (Å²) in [6, 6.07) is 0.0486. The molecule has 4 nitrogen and oxygen atoms in total. The van der Waals surface area contributed by atoms with E-state index >= 15 is 0 Å². The Morgan fingerprint density at radius 1 is 0.917 bits per heavy atom. The van der Waals surface area contributed by atoms with Crippen LogP contribution in [0.25, 0.3) is 0 Å². The highest BCUT2D eigenvalue weighted by molar-refractivity contribution is 4.73. The van der Waals surface area contributed by atoms with Crippen molar-refractivity contribution in [2.45, 2.75) is 37.8 Å². The minimum absolute atomic E-state index is 0.0243. The number of likely N-dealkylation sites (N-methyl/N-ethyl adjacent to an activating group) is 2. The van der Waals surface area contributed by atoms with Crippen molar-refractivity contribution in [2.75, 3.05) is 14.1 Å². The maximum absolute atomic E-state index is 11.2. The topological polar surface area (TPSA) is 55.0 Å². The van der Waals surface area contributed by atoms with Gasteiger partial charge in [0.05, 0.1) is 14.1 Å². The first-order valence-electron chi connectivity index (χ1n) is 4.64. The van der Waals surface area contributed by atoms with Crippen molar-refractivity contribution in [1.29, 1.82) is 0 Å². The van der Waals surface area contributed by atoms with Crippen LogP contribution < -0.4 is 10.1 Å². The standard InChI is InChI=1S/C8H18N2O2/c1-9(11)7-5-3-4-6-8(7)10(2)12/h7-10H,3-6H2,1-2H3. The molecule has 0 heterocycles. The SMILES string of the molecule is C[NH+]([O-])C1CCCCC1[NH+](C)[O-]. The van der Waals surface area contributed by atoms with E-state index in [1.165, 1.54) is 0 Å². The van der Waals surface area contributed by atoms with Gasteiger partial charge in [0.25, 0.3) is 0 Å². The molecule has 0 aromatic rings. The molecule has 1 fully saturated rings. The molecule has 1 saturated carbocycles. The summed E-state index contributed by atoms with van der Waals surface area (Å²) in [5.41, 5.74) is 0. The van der Waals surface area contributed by atoms with Gasteiger partial charge in [-0.05, 0) is 12.8 Å². The minimum Gasteiger partial charge on any atom is -0.634 e. The lowest BCUT2D eigenvalue weighted by molar-refractivity contribution is -0.932. The summed E-state index contributed by atoms with van der Waals surface area (Å²) < 4.78 is 0. The van der Waals surface area contributed by atoms with Crippen LogP contribution >= 0.6 is 0 Å². The van der Waals surface area contributed by atoms with Gasteiger partial charge in [-0.25, -0.2) is 0 Å². The average Bonchev–Trinajstić information content (AvgIpc) is 2.04. The van der Waals surface area contributed by atoms with E-state index in [1.54, 1.807) is 14.1 Å². The summed E-state index contributed by atoms with van der Waals surface area (Å²) in [6.45, 7) is 0. The lowest BCUT2D eigenvalue weighted by atomic mass is 9.90. The molecule has 0 spiro atoms. The highest BCUT2D eigenvalue weighted by atomic mass is 16.5. The molecule has 0 aliphatic heterocycles. The van der Waals surface area contributed by atoms with Gasteiger partial charge in [0.2, 0.25) is 0 Å². The molecular weight excluding hydrogens is 156 g/mol. The smallest absolute Gasteiger partial charge is 0.140 e. The normalized spacial score (nSPS) is 36.0. The van der Waals surface area contributed by atoms with Crippen LogP contribution in [-0.4, -0.2) is 26.2 Å². The van der Waals surface area contributed by atoms with Crippen LogP contribution in [0.5, 0.6) is 0 Å². The van der Waals surface area contributed by atoms with E-state index in [-0.39, 0.29) is 22.2 Å². The summed E-state index contributed by atoms with van der Waals surface area (Å²) in [5.74, 6) is 0. The van der Waals surface area contributed by atoms with Crippen LogP contribution in [0.3, 0.4) is 0 Å². The minimum atomic E-state index is 0.0243. The molecule has 2 N–H and O–H groups in total. The molecule has 4 heteroatoms. The summed E-state index contributed by atoms with van der Waals surface area (Å²) >= 11 is 0. The molecule has 0 radical (unpaired) electrons. The van der Waals surface area contributed by atoms with Crippen LogP contribution in [0.2, 0.25) is 0 Å². The number of nitrogens with one attached hydrogen (secondary N) is 2. The van der Waals surface area contributed by atoms with Crippen LogP contribution in [-0.2, 0) is 0 Å². The van der Waals surface area contributed by atoms with E-state index in [9.17, 15) is 10.4 Å². The molecule has 0 bridgehead atoms. The highest BCUT2D eigenvalue weighted by Gasteiger charge is 2.31. The van der Waals surface area contributed by atoms with E-state index < -0.39 is 0 Å². The Hall–Kier alpha value is -0.160. The van der Waals surface area contributed by atoms with Crippen molar-refractivity contribution in [3.05, 3.63) is 10.4 Å². The highest BCUT2D eigenvalue weighted by Crippen LogP contribution is 2.14. The molecule has 4 atom stereocenters. The lowest BCUT2D eigenvalue weighted by Crippen LogP contribution is -3.20. The van der Waals surface area contributed by atoms with Crippen molar-refractivity contribution in [3.63, 3.8) is 0 Å². The molecule has 1 aliphatic rings. The summed E-state index contributed by atoms with van der Waals surface area (Å²) in [5, 5.41) is 22.7. The third-order valence-corrected chi connectivity index (χ3v) is 2.81. The van der Waals surface area contributed by atoms with Crippen LogP contribution in [0.4, 0.5) is 0 Å². The second-order valence-electron chi connectivity index (χ2n) is 3.72. The van der Waals surface area contributed by atoms with Gasteiger partial charge in [0, 0.05) is 12.8 Å². The lowest BCUT2D eigenvalue weighted by Gasteiger charge is -2.40. The van der Waals surface area contributed by atoms with Crippen LogP contribution in [0, 0.1) is 10.4 Å². The fourth-order valence-corrected chi connectivity index (χ4v) is 2.10. The Kier molecular flexibility index (Phi) is 3.46. The van der Waals surface area contributed by atoms with Crippen molar-refractivity contribution in [2.24, 2.45) is 0 Å². The molecule has 0 saturated heterocycles. The van der Waals surface area contributed by atoms with Crippen molar-refractivity contribution < 1.29 is 10.1 Å². The number of hydroxylamine groups is 4. The molecule has 1 rings (SSSR count). The fourth-order valence-electron chi connectivity index (χ4n) is 2.10. The summed E-state index contributed by atoms with van der Waals surface area (Å²) in [6.07, 6.45) is 4.04. The van der Waals surface area contributed by atoms with Crippen molar-refractivity contribution in [1.82, 2.24) is 0 Å². The maximum atomic E-state index is 11.2. The first-order valence-corrected chi connectivity index (χ1v) is 4.64. The number of hydrogen-bond acceptors (Lipinski definition) is 2. The van der Waals surface area contributed by atoms with E-state index in [0.29, 0.717) is 0 Å². The second-order valence-corrected chi connectivity index (χ2v) is 3.72. The van der Waals surface area contributed by atoms with E-state index in [4.69, 9.17) is 0 Å². The van der Waals surface area contributed by atoms with Gasteiger partial charge in [0.1, 0.15) is 12.1 Å². The third kappa shape index (κ3) is 2.17. The van der Waals surface area contributed by atoms with Crippen molar-refractivity contribution >= 4 is 0 Å². The quantitative estimate of drug-likeness (QED) is 0.491. The average molecular weight is 174 g/mol. The Labute approximate surface area is 73.3 Å². The first kappa shape index (κ1) is 9.92. The van der Waals surface area contributed by atoms with Gasteiger partial charge < -0.3 is 20.5 Å². The van der Waals surface area contributed by atoms with Crippen LogP contribution in [0.1, 0.15) is 25.7 Å². The second kappa shape index (κ2) is 4.18. The van der Waals surface area contributed by atoms with Gasteiger partial charge in [-0.15, -0.1) is 0 Å². The Bertz CT molecular complexity index is 123. The molecule has 1 aliphatic carbocycles. The molecule has 12 heavy (non-hydrogen) atoms. The molecular formula is C8H18N2O2. The molecule has 4 unspecified atom stereocenters. The monoisotopic (exact) mass is 174 g/mol.